The Morgan fingerprint density at radius 2 is 1.89 bits per heavy atom. The molecule has 0 atom stereocenters. The van der Waals surface area contributed by atoms with Crippen molar-refractivity contribution in [2.75, 3.05) is 11.1 Å². The van der Waals surface area contributed by atoms with Gasteiger partial charge in [0.1, 0.15) is 5.82 Å². The van der Waals surface area contributed by atoms with Gasteiger partial charge in [0.15, 0.2) is 0 Å². The predicted octanol–water partition coefficient (Wildman–Crippen LogP) is 3.28. The molecule has 0 aromatic heterocycles. The van der Waals surface area contributed by atoms with Gasteiger partial charge < -0.3 is 11.1 Å². The minimum atomic E-state index is -0.375. The van der Waals surface area contributed by atoms with E-state index in [0.29, 0.717) is 16.9 Å². The Morgan fingerprint density at radius 1 is 1.16 bits per heavy atom. The van der Waals surface area contributed by atoms with Gasteiger partial charge in [0.05, 0.1) is 0 Å². The normalized spacial score (nSPS) is 10.3. The van der Waals surface area contributed by atoms with Crippen molar-refractivity contribution >= 4 is 17.3 Å². The van der Waals surface area contributed by atoms with Crippen molar-refractivity contribution in [1.29, 1.82) is 0 Å². The van der Waals surface area contributed by atoms with Gasteiger partial charge in [-0.25, -0.2) is 4.39 Å². The molecule has 0 saturated carbocycles. The highest BCUT2D eigenvalue weighted by Crippen LogP contribution is 2.17. The van der Waals surface area contributed by atoms with Crippen LogP contribution in [0.3, 0.4) is 0 Å². The third kappa shape index (κ3) is 3.10. The Hall–Kier alpha value is -2.36. The number of nitrogens with two attached hydrogens (primary N) is 1. The van der Waals surface area contributed by atoms with Gasteiger partial charge in [-0.1, -0.05) is 6.07 Å². The van der Waals surface area contributed by atoms with Gasteiger partial charge >= 0.3 is 0 Å². The number of carbonyl (C=O) groups is 1. The van der Waals surface area contributed by atoms with Crippen LogP contribution in [-0.4, -0.2) is 5.91 Å². The molecule has 3 nitrogen and oxygen atoms in total. The van der Waals surface area contributed by atoms with Crippen LogP contribution in [0.5, 0.6) is 0 Å². The lowest BCUT2D eigenvalue weighted by molar-refractivity contribution is 0.102. The zero-order valence-corrected chi connectivity index (χ0v) is 10.8. The third-order valence-corrected chi connectivity index (χ3v) is 2.81. The van der Waals surface area contributed by atoms with Crippen LogP contribution < -0.4 is 11.1 Å². The molecule has 3 N–H and O–H groups in total. The van der Waals surface area contributed by atoms with Crippen molar-refractivity contribution in [3.8, 4) is 0 Å². The lowest BCUT2D eigenvalue weighted by Gasteiger charge is -2.09. The number of amides is 1. The Labute approximate surface area is 111 Å². The molecule has 0 saturated heterocycles. The molecule has 0 aliphatic carbocycles. The molecule has 0 fully saturated rings. The number of halogens is 1. The Bertz CT molecular complexity index is 618. The monoisotopic (exact) mass is 258 g/mol. The summed E-state index contributed by atoms with van der Waals surface area (Å²) in [4.78, 5) is 12.1. The van der Waals surface area contributed by atoms with Crippen molar-refractivity contribution < 1.29 is 9.18 Å². The number of benzene rings is 2. The lowest BCUT2D eigenvalue weighted by Crippen LogP contribution is -2.14. The average Bonchev–Trinajstić information content (AvgIpc) is 2.30. The average molecular weight is 258 g/mol. The fourth-order valence-electron chi connectivity index (χ4n) is 1.89. The number of hydrogen-bond donors (Lipinski definition) is 2. The maximum absolute atomic E-state index is 13.3. The number of carbonyl (C=O) groups excluding carboxylic acids is 1. The smallest absolute Gasteiger partial charge is 0.256 e. The molecule has 19 heavy (non-hydrogen) atoms. The molecule has 0 aliphatic heterocycles. The second-order valence-electron chi connectivity index (χ2n) is 4.55. The number of nitrogen functional groups attached to an aromatic ring is 1. The van der Waals surface area contributed by atoms with Crippen LogP contribution in [0.15, 0.2) is 36.4 Å². The fraction of sp³-hybridized carbons (Fsp3) is 0.133. The largest absolute Gasteiger partial charge is 0.399 e. The topological polar surface area (TPSA) is 55.1 Å². The lowest BCUT2D eigenvalue weighted by atomic mass is 10.1. The maximum atomic E-state index is 13.3. The van der Waals surface area contributed by atoms with Crippen molar-refractivity contribution in [2.24, 2.45) is 0 Å². The molecule has 0 radical (unpaired) electrons. The second-order valence-corrected chi connectivity index (χ2v) is 4.55. The van der Waals surface area contributed by atoms with E-state index >= 15 is 0 Å². The van der Waals surface area contributed by atoms with Gasteiger partial charge in [-0.05, 0) is 55.3 Å². The van der Waals surface area contributed by atoms with Crippen LogP contribution in [0.1, 0.15) is 21.5 Å². The summed E-state index contributed by atoms with van der Waals surface area (Å²) >= 11 is 0. The van der Waals surface area contributed by atoms with E-state index in [4.69, 9.17) is 5.73 Å². The molecular formula is C15H15FN2O. The highest BCUT2D eigenvalue weighted by atomic mass is 19.1. The molecule has 0 aliphatic rings. The highest BCUT2D eigenvalue weighted by Gasteiger charge is 2.10. The summed E-state index contributed by atoms with van der Waals surface area (Å²) in [6.07, 6.45) is 0. The van der Waals surface area contributed by atoms with Gasteiger partial charge in [0, 0.05) is 16.9 Å². The van der Waals surface area contributed by atoms with Crippen LogP contribution in [0.2, 0.25) is 0 Å². The van der Waals surface area contributed by atoms with E-state index in [1.165, 1.54) is 12.1 Å². The van der Waals surface area contributed by atoms with E-state index < -0.39 is 0 Å². The molecule has 2 aromatic rings. The minimum absolute atomic E-state index is 0.296. The zero-order valence-electron chi connectivity index (χ0n) is 10.8. The number of rotatable bonds is 2. The van der Waals surface area contributed by atoms with E-state index in [1.54, 1.807) is 31.2 Å². The molecular weight excluding hydrogens is 243 g/mol. The van der Waals surface area contributed by atoms with Crippen LogP contribution in [-0.2, 0) is 0 Å². The first kappa shape index (κ1) is 13.1. The predicted molar refractivity (Wildman–Crippen MR) is 74.7 cm³/mol. The molecule has 0 heterocycles. The zero-order chi connectivity index (χ0) is 14.0. The van der Waals surface area contributed by atoms with E-state index in [1.807, 2.05) is 6.92 Å². The number of anilines is 2. The van der Waals surface area contributed by atoms with Crippen LogP contribution >= 0.6 is 0 Å². The summed E-state index contributed by atoms with van der Waals surface area (Å²) in [5, 5.41) is 2.67. The highest BCUT2D eigenvalue weighted by molar-refractivity contribution is 6.05. The first-order valence-corrected chi connectivity index (χ1v) is 5.90. The summed E-state index contributed by atoms with van der Waals surface area (Å²) in [7, 11) is 0. The van der Waals surface area contributed by atoms with E-state index in [0.717, 1.165) is 11.1 Å². The van der Waals surface area contributed by atoms with E-state index in [2.05, 4.69) is 5.32 Å². The Balaban J connectivity index is 2.28. The van der Waals surface area contributed by atoms with E-state index in [-0.39, 0.29) is 11.7 Å². The molecule has 0 bridgehead atoms. The minimum Gasteiger partial charge on any atom is -0.399 e. The number of aryl methyl sites for hydroxylation is 2. The van der Waals surface area contributed by atoms with Crippen molar-refractivity contribution in [3.63, 3.8) is 0 Å². The number of hydrogen-bond acceptors (Lipinski definition) is 2. The Morgan fingerprint density at radius 3 is 2.58 bits per heavy atom. The van der Waals surface area contributed by atoms with Crippen molar-refractivity contribution in [2.45, 2.75) is 13.8 Å². The van der Waals surface area contributed by atoms with Gasteiger partial charge in [-0.15, -0.1) is 0 Å². The molecule has 2 rings (SSSR count). The van der Waals surface area contributed by atoms with Gasteiger partial charge in [0.25, 0.3) is 5.91 Å². The summed E-state index contributed by atoms with van der Waals surface area (Å²) < 4.78 is 13.3. The van der Waals surface area contributed by atoms with Gasteiger partial charge in [-0.2, -0.15) is 0 Å². The third-order valence-electron chi connectivity index (χ3n) is 2.81. The Kier molecular flexibility index (Phi) is 3.51. The number of nitrogens with one attached hydrogen (secondary N) is 1. The van der Waals surface area contributed by atoms with Crippen molar-refractivity contribution in [1.82, 2.24) is 0 Å². The second kappa shape index (κ2) is 5.10. The molecule has 4 heteroatoms. The standard InChI is InChI=1S/C15H15FN2O/c1-9-5-11(16)7-13(6-9)18-15(19)14-8-12(17)4-3-10(14)2/h3-8H,17H2,1-2H3,(H,18,19). The van der Waals surface area contributed by atoms with E-state index in [9.17, 15) is 9.18 Å². The van der Waals surface area contributed by atoms with Gasteiger partial charge in [0.2, 0.25) is 0 Å². The molecule has 2 aromatic carbocycles. The summed E-state index contributed by atoms with van der Waals surface area (Å²) in [5.41, 5.74) is 8.68. The first-order valence-electron chi connectivity index (χ1n) is 5.90. The molecule has 1 amide bonds. The quantitative estimate of drug-likeness (QED) is 0.812. The summed E-state index contributed by atoms with van der Waals surface area (Å²) in [6.45, 7) is 3.59. The first-order chi connectivity index (χ1) is 8.95. The molecule has 0 spiro atoms. The molecule has 0 unspecified atom stereocenters. The van der Waals surface area contributed by atoms with Crippen LogP contribution in [0.25, 0.3) is 0 Å². The maximum Gasteiger partial charge on any atom is 0.256 e. The summed E-state index contributed by atoms with van der Waals surface area (Å²) in [5.74, 6) is -0.672. The SMILES string of the molecule is Cc1cc(F)cc(NC(=O)c2cc(N)ccc2C)c1. The van der Waals surface area contributed by atoms with Crippen LogP contribution in [0.4, 0.5) is 15.8 Å². The molecule has 98 valence electrons. The van der Waals surface area contributed by atoms with Crippen LogP contribution in [0, 0.1) is 19.7 Å². The summed E-state index contributed by atoms with van der Waals surface area (Å²) in [6, 6.07) is 9.52. The van der Waals surface area contributed by atoms with Gasteiger partial charge in [-0.3, -0.25) is 4.79 Å². The fourth-order valence-corrected chi connectivity index (χ4v) is 1.89. The van der Waals surface area contributed by atoms with Crippen molar-refractivity contribution in [3.05, 3.63) is 58.9 Å².